The van der Waals surface area contributed by atoms with Crippen molar-refractivity contribution in [1.29, 1.82) is 0 Å². The van der Waals surface area contributed by atoms with E-state index in [1.54, 1.807) is 0 Å². The number of hydrogen-bond acceptors (Lipinski definition) is 1. The minimum Gasteiger partial charge on any atom is -0.385 e. The number of rotatable bonds is 4. The average Bonchev–Trinajstić information content (AvgIpc) is 2.72. The van der Waals surface area contributed by atoms with Crippen molar-refractivity contribution in [2.75, 3.05) is 11.9 Å². The Morgan fingerprint density at radius 2 is 1.71 bits per heavy atom. The highest BCUT2D eigenvalue weighted by Gasteiger charge is 2.02. The van der Waals surface area contributed by atoms with E-state index in [1.807, 2.05) is 6.07 Å². The first-order chi connectivity index (χ1) is 6.95. The highest BCUT2D eigenvalue weighted by atomic mass is 14.9. The summed E-state index contributed by atoms with van der Waals surface area (Å²) in [6.07, 6.45) is 9.89. The molecule has 0 unspecified atom stereocenters. The number of allylic oxidation sites excluding steroid dienone is 4. The summed E-state index contributed by atoms with van der Waals surface area (Å²) < 4.78 is 0. The van der Waals surface area contributed by atoms with Crippen LogP contribution in [0.5, 0.6) is 0 Å². The molecule has 0 atom stereocenters. The monoisotopic (exact) mass is 185 g/mol. The zero-order valence-electron chi connectivity index (χ0n) is 8.19. The molecule has 1 nitrogen and oxygen atoms in total. The van der Waals surface area contributed by atoms with E-state index in [2.05, 4.69) is 53.9 Å². The lowest BCUT2D eigenvalue weighted by Gasteiger charge is -2.08. The molecule has 0 radical (unpaired) electrons. The number of nitrogens with one attached hydrogen (secondary N) is 1. The van der Waals surface area contributed by atoms with Crippen LogP contribution in [0.4, 0.5) is 5.69 Å². The van der Waals surface area contributed by atoms with Gasteiger partial charge in [-0.25, -0.2) is 0 Å². The third-order valence-corrected chi connectivity index (χ3v) is 2.41. The molecule has 0 spiro atoms. The molecule has 0 aliphatic heterocycles. The van der Waals surface area contributed by atoms with Crippen molar-refractivity contribution in [3.63, 3.8) is 0 Å². The Hall–Kier alpha value is -1.50. The van der Waals surface area contributed by atoms with Crippen LogP contribution in [0.25, 0.3) is 0 Å². The fraction of sp³-hybridized carbons (Fsp3) is 0.231. The molecule has 0 saturated heterocycles. The summed E-state index contributed by atoms with van der Waals surface area (Å²) in [5, 5.41) is 3.40. The first kappa shape index (κ1) is 9.07. The molecule has 14 heavy (non-hydrogen) atoms. The van der Waals surface area contributed by atoms with E-state index in [4.69, 9.17) is 0 Å². The predicted octanol–water partition coefficient (Wildman–Crippen LogP) is 3.23. The summed E-state index contributed by atoms with van der Waals surface area (Å²) in [4.78, 5) is 0. The van der Waals surface area contributed by atoms with Crippen molar-refractivity contribution in [3.05, 3.63) is 54.6 Å². The van der Waals surface area contributed by atoms with E-state index >= 15 is 0 Å². The lowest BCUT2D eigenvalue weighted by molar-refractivity contribution is 0.748. The lowest BCUT2D eigenvalue weighted by atomic mass is 10.1. The van der Waals surface area contributed by atoms with Crippen LogP contribution in [0.15, 0.2) is 54.6 Å². The Labute approximate surface area is 85.2 Å². The summed E-state index contributed by atoms with van der Waals surface area (Å²) >= 11 is 0. The smallest absolute Gasteiger partial charge is 0.0340 e. The molecular formula is C13H15N. The molecule has 1 aliphatic rings. The fourth-order valence-electron chi connectivity index (χ4n) is 1.61. The molecule has 0 bridgehead atoms. The molecule has 0 fully saturated rings. The molecule has 1 aromatic rings. The second-order valence-electron chi connectivity index (χ2n) is 3.52. The van der Waals surface area contributed by atoms with Crippen LogP contribution in [-0.2, 0) is 0 Å². The maximum Gasteiger partial charge on any atom is 0.0340 e. The van der Waals surface area contributed by atoms with E-state index in [-0.39, 0.29) is 0 Å². The Bertz CT molecular complexity index is 312. The second kappa shape index (κ2) is 4.66. The van der Waals surface area contributed by atoms with E-state index in [0.29, 0.717) is 5.92 Å². The summed E-state index contributed by atoms with van der Waals surface area (Å²) in [6.45, 7) is 1.03. The van der Waals surface area contributed by atoms with Gasteiger partial charge in [0.15, 0.2) is 0 Å². The van der Waals surface area contributed by atoms with Gasteiger partial charge >= 0.3 is 0 Å². The van der Waals surface area contributed by atoms with Crippen LogP contribution in [0.3, 0.4) is 0 Å². The summed E-state index contributed by atoms with van der Waals surface area (Å²) in [5.41, 5.74) is 1.21. The third-order valence-electron chi connectivity index (χ3n) is 2.41. The number of para-hydroxylation sites is 1. The zero-order valence-corrected chi connectivity index (χ0v) is 8.19. The van der Waals surface area contributed by atoms with Gasteiger partial charge in [0.05, 0.1) is 0 Å². The van der Waals surface area contributed by atoms with Crippen molar-refractivity contribution in [2.45, 2.75) is 6.42 Å². The molecule has 0 aromatic heterocycles. The highest BCUT2D eigenvalue weighted by molar-refractivity contribution is 5.42. The predicted molar refractivity (Wildman–Crippen MR) is 61.3 cm³/mol. The van der Waals surface area contributed by atoms with Crippen LogP contribution in [0.1, 0.15) is 6.42 Å². The second-order valence-corrected chi connectivity index (χ2v) is 3.52. The maximum atomic E-state index is 3.40. The normalized spacial score (nSPS) is 14.9. The van der Waals surface area contributed by atoms with E-state index in [9.17, 15) is 0 Å². The molecule has 1 aliphatic carbocycles. The first-order valence-electron chi connectivity index (χ1n) is 5.09. The molecule has 1 N–H and O–H groups in total. The third kappa shape index (κ3) is 2.49. The van der Waals surface area contributed by atoms with Crippen molar-refractivity contribution >= 4 is 5.69 Å². The van der Waals surface area contributed by atoms with Crippen molar-refractivity contribution < 1.29 is 0 Å². The van der Waals surface area contributed by atoms with E-state index < -0.39 is 0 Å². The SMILES string of the molecule is C1=CC(CCNc2ccccc2)C=C1. The average molecular weight is 185 g/mol. The van der Waals surface area contributed by atoms with Gasteiger partial charge in [0.1, 0.15) is 0 Å². The number of hydrogen-bond donors (Lipinski definition) is 1. The van der Waals surface area contributed by atoms with Gasteiger partial charge < -0.3 is 5.32 Å². The summed E-state index contributed by atoms with van der Waals surface area (Å²) in [5.74, 6) is 0.631. The molecule has 0 heterocycles. The van der Waals surface area contributed by atoms with Crippen LogP contribution < -0.4 is 5.32 Å². The Kier molecular flexibility index (Phi) is 3.02. The maximum absolute atomic E-state index is 3.40. The van der Waals surface area contributed by atoms with Crippen molar-refractivity contribution in [1.82, 2.24) is 0 Å². The molecule has 0 amide bonds. The Morgan fingerprint density at radius 3 is 2.43 bits per heavy atom. The van der Waals surface area contributed by atoms with Gasteiger partial charge in [-0.15, -0.1) is 0 Å². The topological polar surface area (TPSA) is 12.0 Å². The zero-order chi connectivity index (χ0) is 9.64. The molecule has 2 rings (SSSR count). The van der Waals surface area contributed by atoms with Gasteiger partial charge in [0, 0.05) is 12.2 Å². The number of benzene rings is 1. The number of anilines is 1. The molecule has 72 valence electrons. The standard InChI is InChI=1S/C13H15N/c1-2-8-13(9-3-1)14-11-10-12-6-4-5-7-12/h1-9,12,14H,10-11H2. The molecular weight excluding hydrogens is 170 g/mol. The summed E-state index contributed by atoms with van der Waals surface area (Å²) in [6, 6.07) is 10.3. The molecule has 1 aromatic carbocycles. The van der Waals surface area contributed by atoms with Gasteiger partial charge in [-0.3, -0.25) is 0 Å². The largest absolute Gasteiger partial charge is 0.385 e. The molecule has 1 heteroatoms. The van der Waals surface area contributed by atoms with Crippen LogP contribution in [0.2, 0.25) is 0 Å². The van der Waals surface area contributed by atoms with Gasteiger partial charge in [0.25, 0.3) is 0 Å². The fourth-order valence-corrected chi connectivity index (χ4v) is 1.61. The van der Waals surface area contributed by atoms with Gasteiger partial charge in [0.2, 0.25) is 0 Å². The Morgan fingerprint density at radius 1 is 1.00 bits per heavy atom. The van der Waals surface area contributed by atoms with Crippen LogP contribution in [0, 0.1) is 5.92 Å². The van der Waals surface area contributed by atoms with Gasteiger partial charge in [-0.1, -0.05) is 42.5 Å². The Balaban J connectivity index is 1.73. The van der Waals surface area contributed by atoms with Crippen LogP contribution in [-0.4, -0.2) is 6.54 Å². The van der Waals surface area contributed by atoms with Crippen molar-refractivity contribution in [3.8, 4) is 0 Å². The van der Waals surface area contributed by atoms with Gasteiger partial charge in [-0.05, 0) is 24.5 Å². The first-order valence-corrected chi connectivity index (χ1v) is 5.09. The lowest BCUT2D eigenvalue weighted by Crippen LogP contribution is -2.04. The highest BCUT2D eigenvalue weighted by Crippen LogP contribution is 2.13. The summed E-state index contributed by atoms with van der Waals surface area (Å²) in [7, 11) is 0. The minimum absolute atomic E-state index is 0.631. The van der Waals surface area contributed by atoms with E-state index in [1.165, 1.54) is 12.1 Å². The van der Waals surface area contributed by atoms with Gasteiger partial charge in [-0.2, -0.15) is 0 Å². The van der Waals surface area contributed by atoms with Crippen LogP contribution >= 0.6 is 0 Å². The van der Waals surface area contributed by atoms with Crippen molar-refractivity contribution in [2.24, 2.45) is 5.92 Å². The van der Waals surface area contributed by atoms with E-state index in [0.717, 1.165) is 6.54 Å². The molecule has 0 saturated carbocycles. The quantitative estimate of drug-likeness (QED) is 0.759. The minimum atomic E-state index is 0.631.